The van der Waals surface area contributed by atoms with Gasteiger partial charge in [0, 0.05) is 46.9 Å². The first-order chi connectivity index (χ1) is 27.5. The van der Waals surface area contributed by atoms with Crippen molar-refractivity contribution in [3.8, 4) is 44.8 Å². The van der Waals surface area contributed by atoms with Crippen LogP contribution in [0.1, 0.15) is 55.4 Å². The van der Waals surface area contributed by atoms with E-state index in [0.717, 1.165) is 99.3 Å². The largest absolute Gasteiger partial charge is 0.461 e. The van der Waals surface area contributed by atoms with Gasteiger partial charge in [-0.05, 0) is 73.8 Å². The van der Waals surface area contributed by atoms with E-state index in [1.165, 1.54) is 24.0 Å². The summed E-state index contributed by atoms with van der Waals surface area (Å²) in [4.78, 5) is 14.7. The van der Waals surface area contributed by atoms with Gasteiger partial charge in [-0.15, -0.1) is 0 Å². The average molecular weight is 737 g/mol. The number of benzene rings is 4. The Balaban J connectivity index is 0.868. The van der Waals surface area contributed by atoms with Gasteiger partial charge >= 0.3 is 0 Å². The molecule has 4 N–H and O–H groups in total. The predicted octanol–water partition coefficient (Wildman–Crippen LogP) is 10.8. The fraction of sp³-hybridized carbons (Fsp3) is 0.229. The topological polar surface area (TPSA) is 115 Å². The molecule has 4 aromatic heterocycles. The second-order valence-electron chi connectivity index (χ2n) is 15.5. The molecule has 0 unspecified atom stereocenters. The minimum atomic E-state index is -0.211. The van der Waals surface area contributed by atoms with Crippen molar-refractivity contribution in [2.75, 3.05) is 18.4 Å². The molecule has 8 nitrogen and oxygen atoms in total. The molecule has 0 radical (unpaired) electrons. The second kappa shape index (κ2) is 13.9. The number of rotatable bonds is 11. The SMILES string of the molecule is Cc1cc2cnc(-c3ccc(C4(NCCNc5cnc6oc(-c7ccc(C8(N)CCC8)cc7)c(-c7ccccc7)c6n5)CCC4)cc3)c(-c3ccccc3)c2o1. The van der Waals surface area contributed by atoms with Crippen LogP contribution in [0.5, 0.6) is 0 Å². The van der Waals surface area contributed by atoms with E-state index in [0.29, 0.717) is 18.1 Å². The third-order valence-electron chi connectivity index (χ3n) is 12.0. The molecule has 56 heavy (non-hydrogen) atoms. The molecule has 8 heteroatoms. The highest BCUT2D eigenvalue weighted by molar-refractivity contribution is 6.00. The molecular weight excluding hydrogens is 693 g/mol. The summed E-state index contributed by atoms with van der Waals surface area (Å²) in [6.07, 6.45) is 10.3. The van der Waals surface area contributed by atoms with Gasteiger partial charge in [0.15, 0.2) is 0 Å². The lowest BCUT2D eigenvalue weighted by Gasteiger charge is -2.43. The van der Waals surface area contributed by atoms with Gasteiger partial charge in [-0.25, -0.2) is 9.97 Å². The number of nitrogens with zero attached hydrogens (tertiary/aromatic N) is 3. The standard InChI is InChI=1S/C48H44N6O2/c1-31-28-36-29-51-42(40(45(36)55-31)32-10-4-2-5-11-32)34-14-20-38(21-15-34)48(24-9-25-48)53-27-26-50-39-30-52-46-43(54-39)41(33-12-6-3-7-13-33)44(56-46)35-16-18-37(19-17-35)47(49)22-8-23-47/h2-7,10-21,28-30,53H,8-9,22-27,49H2,1H3,(H,50,54). The fourth-order valence-corrected chi connectivity index (χ4v) is 8.59. The van der Waals surface area contributed by atoms with Crippen molar-refractivity contribution in [1.29, 1.82) is 0 Å². The van der Waals surface area contributed by atoms with Crippen LogP contribution < -0.4 is 16.4 Å². The van der Waals surface area contributed by atoms with Crippen molar-refractivity contribution in [2.45, 2.75) is 56.5 Å². The van der Waals surface area contributed by atoms with E-state index in [9.17, 15) is 0 Å². The van der Waals surface area contributed by atoms with Crippen molar-refractivity contribution in [3.63, 3.8) is 0 Å². The third kappa shape index (κ3) is 6.06. The molecule has 0 saturated heterocycles. The van der Waals surface area contributed by atoms with Gasteiger partial charge < -0.3 is 25.2 Å². The lowest BCUT2D eigenvalue weighted by molar-refractivity contribution is 0.189. The zero-order valence-corrected chi connectivity index (χ0v) is 31.5. The normalized spacial score (nSPS) is 15.8. The molecular formula is C48H44N6O2. The Labute approximate surface area is 326 Å². The predicted molar refractivity (Wildman–Crippen MR) is 224 cm³/mol. The number of nitrogens with two attached hydrogens (primary N) is 1. The van der Waals surface area contributed by atoms with Crippen LogP contribution in [0.15, 0.2) is 136 Å². The summed E-state index contributed by atoms with van der Waals surface area (Å²) in [5.41, 5.74) is 18.0. The zero-order valence-electron chi connectivity index (χ0n) is 31.5. The van der Waals surface area contributed by atoms with E-state index in [4.69, 9.17) is 29.5 Å². The quantitative estimate of drug-likeness (QED) is 0.112. The molecule has 2 aliphatic carbocycles. The summed E-state index contributed by atoms with van der Waals surface area (Å²) in [5.74, 6) is 2.36. The van der Waals surface area contributed by atoms with Crippen LogP contribution in [0, 0.1) is 6.92 Å². The van der Waals surface area contributed by atoms with Crippen molar-refractivity contribution < 1.29 is 8.83 Å². The van der Waals surface area contributed by atoms with Crippen LogP contribution in [0.4, 0.5) is 5.82 Å². The van der Waals surface area contributed by atoms with Crippen molar-refractivity contribution in [2.24, 2.45) is 5.73 Å². The molecule has 10 rings (SSSR count). The minimum Gasteiger partial charge on any atom is -0.461 e. The van der Waals surface area contributed by atoms with Gasteiger partial charge in [-0.3, -0.25) is 4.98 Å². The van der Waals surface area contributed by atoms with Crippen LogP contribution in [0.25, 0.3) is 67.0 Å². The zero-order chi connectivity index (χ0) is 37.7. The fourth-order valence-electron chi connectivity index (χ4n) is 8.59. The number of nitrogens with one attached hydrogen (secondary N) is 2. The number of hydrogen-bond acceptors (Lipinski definition) is 8. The van der Waals surface area contributed by atoms with E-state index in [1.807, 2.05) is 37.4 Å². The van der Waals surface area contributed by atoms with E-state index in [1.54, 1.807) is 6.20 Å². The highest BCUT2D eigenvalue weighted by Crippen LogP contribution is 2.44. The summed E-state index contributed by atoms with van der Waals surface area (Å²) in [5, 5.41) is 8.44. The molecule has 2 saturated carbocycles. The Hall–Kier alpha value is -6.09. The van der Waals surface area contributed by atoms with Crippen molar-refractivity contribution in [3.05, 3.63) is 145 Å². The Morgan fingerprint density at radius 3 is 1.98 bits per heavy atom. The second-order valence-corrected chi connectivity index (χ2v) is 15.5. The average Bonchev–Trinajstić information content (AvgIpc) is 3.79. The number of furan rings is 2. The highest BCUT2D eigenvalue weighted by atomic mass is 16.3. The monoisotopic (exact) mass is 736 g/mol. The maximum absolute atomic E-state index is 6.63. The molecule has 8 aromatic rings. The van der Waals surface area contributed by atoms with E-state index in [-0.39, 0.29) is 11.1 Å². The summed E-state index contributed by atoms with van der Waals surface area (Å²) in [6, 6.07) is 40.2. The Bertz CT molecular complexity index is 2660. The van der Waals surface area contributed by atoms with Gasteiger partial charge in [0.1, 0.15) is 28.4 Å². The summed E-state index contributed by atoms with van der Waals surface area (Å²) < 4.78 is 12.7. The maximum Gasteiger partial charge on any atom is 0.246 e. The molecule has 0 atom stereocenters. The van der Waals surface area contributed by atoms with Gasteiger partial charge in [-0.1, -0.05) is 109 Å². The smallest absolute Gasteiger partial charge is 0.246 e. The first-order valence-electron chi connectivity index (χ1n) is 19.8. The first-order valence-corrected chi connectivity index (χ1v) is 19.8. The summed E-state index contributed by atoms with van der Waals surface area (Å²) >= 11 is 0. The van der Waals surface area contributed by atoms with Crippen molar-refractivity contribution >= 4 is 28.0 Å². The number of aryl methyl sites for hydroxylation is 1. The van der Waals surface area contributed by atoms with Gasteiger partial charge in [0.25, 0.3) is 0 Å². The molecule has 0 bridgehead atoms. The number of anilines is 1. The van der Waals surface area contributed by atoms with E-state index < -0.39 is 0 Å². The van der Waals surface area contributed by atoms with Crippen LogP contribution in [-0.4, -0.2) is 28.0 Å². The molecule has 4 aromatic carbocycles. The van der Waals surface area contributed by atoms with Crippen LogP contribution >= 0.6 is 0 Å². The molecule has 2 aliphatic rings. The molecule has 0 aliphatic heterocycles. The first kappa shape index (κ1) is 34.4. The molecule has 2 fully saturated rings. The summed E-state index contributed by atoms with van der Waals surface area (Å²) in [6.45, 7) is 3.45. The van der Waals surface area contributed by atoms with Crippen LogP contribution in [0.2, 0.25) is 0 Å². The van der Waals surface area contributed by atoms with Gasteiger partial charge in [-0.2, -0.15) is 0 Å². The maximum atomic E-state index is 6.63. The third-order valence-corrected chi connectivity index (χ3v) is 12.0. The Morgan fingerprint density at radius 1 is 0.661 bits per heavy atom. The highest BCUT2D eigenvalue weighted by Gasteiger charge is 2.38. The van der Waals surface area contributed by atoms with Crippen LogP contribution in [-0.2, 0) is 11.1 Å². The number of aromatic nitrogens is 3. The van der Waals surface area contributed by atoms with Crippen LogP contribution in [0.3, 0.4) is 0 Å². The van der Waals surface area contributed by atoms with E-state index >= 15 is 0 Å². The van der Waals surface area contributed by atoms with Crippen molar-refractivity contribution in [1.82, 2.24) is 20.3 Å². The van der Waals surface area contributed by atoms with Gasteiger partial charge in [0.2, 0.25) is 5.71 Å². The Kier molecular flexibility index (Phi) is 8.53. The lowest BCUT2D eigenvalue weighted by Crippen LogP contribution is -2.49. The summed E-state index contributed by atoms with van der Waals surface area (Å²) in [7, 11) is 0. The number of hydrogen-bond donors (Lipinski definition) is 3. The molecule has 278 valence electrons. The Morgan fingerprint density at radius 2 is 1.32 bits per heavy atom. The van der Waals surface area contributed by atoms with Gasteiger partial charge in [0.05, 0.1) is 23.0 Å². The van der Waals surface area contributed by atoms with E-state index in [2.05, 4.69) is 102 Å². The molecule has 0 spiro atoms. The lowest BCUT2D eigenvalue weighted by atomic mass is 9.71. The number of pyridine rings is 1. The molecule has 0 amide bonds. The minimum absolute atomic E-state index is 0.0642. The number of fused-ring (bicyclic) bond motifs is 2. The molecule has 4 heterocycles.